The van der Waals surface area contributed by atoms with Gasteiger partial charge in [0.1, 0.15) is 5.82 Å². The van der Waals surface area contributed by atoms with Crippen LogP contribution in [0.15, 0.2) is 16.0 Å². The van der Waals surface area contributed by atoms with E-state index in [1.54, 1.807) is 4.68 Å². The maximum Gasteiger partial charge on any atom is 0.345 e. The van der Waals surface area contributed by atoms with E-state index in [4.69, 9.17) is 4.99 Å². The van der Waals surface area contributed by atoms with Gasteiger partial charge in [0.15, 0.2) is 5.96 Å². The molecule has 0 atom stereocenters. The summed E-state index contributed by atoms with van der Waals surface area (Å²) in [5.41, 5.74) is 2.37. The van der Waals surface area contributed by atoms with Gasteiger partial charge >= 0.3 is 5.69 Å². The number of guanidine groups is 1. The zero-order chi connectivity index (χ0) is 21.7. The summed E-state index contributed by atoms with van der Waals surface area (Å²) in [4.78, 5) is 19.3. The lowest BCUT2D eigenvalue weighted by molar-refractivity contribution is 0.471. The van der Waals surface area contributed by atoms with Crippen molar-refractivity contribution < 1.29 is 0 Å². The van der Waals surface area contributed by atoms with Crippen LogP contribution >= 0.6 is 0 Å². The Labute approximate surface area is 178 Å². The minimum absolute atomic E-state index is 0.0236. The Morgan fingerprint density at radius 1 is 1.33 bits per heavy atom. The molecule has 166 valence electrons. The molecule has 1 aliphatic heterocycles. The Balaban J connectivity index is 1.60. The van der Waals surface area contributed by atoms with Crippen molar-refractivity contribution in [2.24, 2.45) is 12.0 Å². The zero-order valence-corrected chi connectivity index (χ0v) is 19.1. The third-order valence-electron chi connectivity index (χ3n) is 5.41. The zero-order valence-electron chi connectivity index (χ0n) is 19.1. The number of aryl methyl sites for hydroxylation is 3. The third kappa shape index (κ3) is 5.12. The van der Waals surface area contributed by atoms with Crippen LogP contribution in [0, 0.1) is 0 Å². The number of aromatic nitrogens is 5. The van der Waals surface area contributed by atoms with Crippen LogP contribution in [0.3, 0.4) is 0 Å². The molecular weight excluding hydrogens is 380 g/mol. The molecule has 0 spiro atoms. The summed E-state index contributed by atoms with van der Waals surface area (Å²) in [6.07, 6.45) is 5.96. The quantitative estimate of drug-likeness (QED) is 0.402. The Kier molecular flexibility index (Phi) is 7.33. The van der Waals surface area contributed by atoms with E-state index in [0.717, 1.165) is 62.8 Å². The van der Waals surface area contributed by atoms with Gasteiger partial charge in [-0.2, -0.15) is 10.2 Å². The predicted octanol–water partition coefficient (Wildman–Crippen LogP) is 1.73. The highest BCUT2D eigenvalue weighted by atomic mass is 16.2. The molecule has 0 aliphatic carbocycles. The smallest absolute Gasteiger partial charge is 0.345 e. The molecule has 1 N–H and O–H groups in total. The molecule has 3 heterocycles. The highest BCUT2D eigenvalue weighted by Crippen LogP contribution is 2.18. The van der Waals surface area contributed by atoms with E-state index < -0.39 is 0 Å². The molecule has 0 saturated carbocycles. The average molecular weight is 417 g/mol. The van der Waals surface area contributed by atoms with Crippen molar-refractivity contribution in [2.45, 2.75) is 72.0 Å². The lowest BCUT2D eigenvalue weighted by Gasteiger charge is -2.22. The van der Waals surface area contributed by atoms with Crippen LogP contribution in [0.4, 0.5) is 0 Å². The molecule has 0 amide bonds. The van der Waals surface area contributed by atoms with Crippen LogP contribution in [0.25, 0.3) is 0 Å². The van der Waals surface area contributed by atoms with Crippen molar-refractivity contribution >= 4 is 5.96 Å². The normalized spacial score (nSPS) is 14.3. The van der Waals surface area contributed by atoms with Gasteiger partial charge in [-0.05, 0) is 32.1 Å². The van der Waals surface area contributed by atoms with Crippen LogP contribution < -0.4 is 11.0 Å². The Morgan fingerprint density at radius 2 is 2.13 bits per heavy atom. The van der Waals surface area contributed by atoms with Gasteiger partial charge in [-0.25, -0.2) is 9.48 Å². The van der Waals surface area contributed by atoms with E-state index >= 15 is 0 Å². The largest absolute Gasteiger partial charge is 0.357 e. The third-order valence-corrected chi connectivity index (χ3v) is 5.41. The fourth-order valence-corrected chi connectivity index (χ4v) is 3.96. The first-order valence-electron chi connectivity index (χ1n) is 11.1. The van der Waals surface area contributed by atoms with Crippen molar-refractivity contribution in [3.63, 3.8) is 0 Å². The van der Waals surface area contributed by atoms with Crippen molar-refractivity contribution in [2.75, 3.05) is 20.1 Å². The van der Waals surface area contributed by atoms with Crippen molar-refractivity contribution in [3.8, 4) is 0 Å². The lowest BCUT2D eigenvalue weighted by Crippen LogP contribution is -2.38. The van der Waals surface area contributed by atoms with Gasteiger partial charge in [0.05, 0.1) is 5.69 Å². The van der Waals surface area contributed by atoms with Crippen molar-refractivity contribution in [1.29, 1.82) is 0 Å². The number of hydrogen-bond donors (Lipinski definition) is 1. The Morgan fingerprint density at radius 3 is 2.83 bits per heavy atom. The summed E-state index contributed by atoms with van der Waals surface area (Å²) in [6, 6.07) is 0. The SMILES string of the molecule is CCNC(=NCCCn1nc2n(c1=O)CCCC2)N(C)Cc1cn(C)nc1C(C)C. The van der Waals surface area contributed by atoms with Gasteiger partial charge in [0, 0.05) is 65.0 Å². The topological polar surface area (TPSA) is 85.3 Å². The van der Waals surface area contributed by atoms with Crippen LogP contribution in [0.1, 0.15) is 63.0 Å². The van der Waals surface area contributed by atoms with E-state index in [-0.39, 0.29) is 5.69 Å². The maximum atomic E-state index is 12.4. The summed E-state index contributed by atoms with van der Waals surface area (Å²) < 4.78 is 5.31. The molecule has 2 aromatic heterocycles. The predicted molar refractivity (Wildman–Crippen MR) is 119 cm³/mol. The van der Waals surface area contributed by atoms with Crippen LogP contribution in [-0.2, 0) is 33.1 Å². The van der Waals surface area contributed by atoms with E-state index in [0.29, 0.717) is 19.0 Å². The monoisotopic (exact) mass is 416 g/mol. The number of aliphatic imine (C=N–C) groups is 1. The molecule has 9 heteroatoms. The number of rotatable bonds is 8. The summed E-state index contributed by atoms with van der Waals surface area (Å²) in [5.74, 6) is 2.18. The second-order valence-electron chi connectivity index (χ2n) is 8.34. The van der Waals surface area contributed by atoms with Crippen molar-refractivity contribution in [3.05, 3.63) is 33.8 Å². The molecule has 0 fully saturated rings. The average Bonchev–Trinajstić information content (AvgIpc) is 3.24. The molecule has 9 nitrogen and oxygen atoms in total. The van der Waals surface area contributed by atoms with E-state index in [1.807, 2.05) is 23.3 Å². The molecule has 3 rings (SSSR count). The second-order valence-corrected chi connectivity index (χ2v) is 8.34. The minimum Gasteiger partial charge on any atom is -0.357 e. The fourth-order valence-electron chi connectivity index (χ4n) is 3.96. The second kappa shape index (κ2) is 9.95. The lowest BCUT2D eigenvalue weighted by atomic mass is 10.1. The molecule has 0 saturated heterocycles. The minimum atomic E-state index is 0.0236. The van der Waals surface area contributed by atoms with Gasteiger partial charge in [0.25, 0.3) is 0 Å². The number of hydrogen-bond acceptors (Lipinski definition) is 4. The first-order valence-corrected chi connectivity index (χ1v) is 11.1. The molecule has 30 heavy (non-hydrogen) atoms. The summed E-state index contributed by atoms with van der Waals surface area (Å²) in [5, 5.41) is 12.5. The molecule has 0 aromatic carbocycles. The van der Waals surface area contributed by atoms with E-state index in [2.05, 4.69) is 47.4 Å². The summed E-state index contributed by atoms with van der Waals surface area (Å²) in [6.45, 7) is 10.0. The molecule has 2 aromatic rings. The first kappa shape index (κ1) is 22.1. The van der Waals surface area contributed by atoms with E-state index in [9.17, 15) is 4.79 Å². The van der Waals surface area contributed by atoms with Gasteiger partial charge in [-0.3, -0.25) is 14.2 Å². The summed E-state index contributed by atoms with van der Waals surface area (Å²) in [7, 11) is 4.01. The van der Waals surface area contributed by atoms with Gasteiger partial charge in [0.2, 0.25) is 0 Å². The molecule has 0 radical (unpaired) electrons. The van der Waals surface area contributed by atoms with Gasteiger partial charge < -0.3 is 10.2 Å². The Hall–Kier alpha value is -2.58. The molecule has 1 aliphatic rings. The molecule has 0 bridgehead atoms. The van der Waals surface area contributed by atoms with Gasteiger partial charge in [-0.1, -0.05) is 13.8 Å². The maximum absolute atomic E-state index is 12.4. The van der Waals surface area contributed by atoms with Crippen molar-refractivity contribution in [1.82, 2.24) is 34.3 Å². The molecular formula is C21H36N8O. The standard InChI is InChI=1S/C21H36N8O/c1-6-22-20(26(4)14-17-15-27(5)25-19(17)16(2)3)23-11-9-13-29-21(30)28-12-8-7-10-18(28)24-29/h15-16H,6-14H2,1-5H3,(H,22,23). The number of nitrogens with zero attached hydrogens (tertiary/aromatic N) is 7. The summed E-state index contributed by atoms with van der Waals surface area (Å²) >= 11 is 0. The number of fused-ring (bicyclic) bond motifs is 1. The highest BCUT2D eigenvalue weighted by Gasteiger charge is 2.17. The number of nitrogens with one attached hydrogen (secondary N) is 1. The van der Waals surface area contributed by atoms with Gasteiger partial charge in [-0.15, -0.1) is 0 Å². The van der Waals surface area contributed by atoms with Crippen LogP contribution in [0.5, 0.6) is 0 Å². The van der Waals surface area contributed by atoms with E-state index in [1.165, 1.54) is 5.56 Å². The van der Waals surface area contributed by atoms with Crippen LogP contribution in [-0.4, -0.2) is 55.1 Å². The highest BCUT2D eigenvalue weighted by molar-refractivity contribution is 5.79. The van der Waals surface area contributed by atoms with Crippen LogP contribution in [0.2, 0.25) is 0 Å². The Bertz CT molecular complexity index is 920. The molecule has 0 unspecified atom stereocenters. The first-order chi connectivity index (χ1) is 14.4. The fraction of sp³-hybridized carbons (Fsp3) is 0.714.